The molecule has 0 aromatic heterocycles. The topological polar surface area (TPSA) is 88.2 Å². The second-order valence-corrected chi connectivity index (χ2v) is 8.78. The van der Waals surface area contributed by atoms with Crippen molar-refractivity contribution in [2.24, 2.45) is 0 Å². The van der Waals surface area contributed by atoms with E-state index in [2.05, 4.69) is 9.62 Å². The Morgan fingerprint density at radius 3 is 2.26 bits per heavy atom. The molecule has 0 radical (unpaired) electrons. The Balaban J connectivity index is 1.49. The van der Waals surface area contributed by atoms with Gasteiger partial charge in [-0.2, -0.15) is 0 Å². The molecule has 2 aromatic carbocycles. The van der Waals surface area contributed by atoms with Gasteiger partial charge in [0.25, 0.3) is 0 Å². The van der Waals surface area contributed by atoms with Crippen LogP contribution in [-0.4, -0.2) is 66.2 Å². The maximum atomic E-state index is 13.1. The minimum Gasteiger partial charge on any atom is -0.493 e. The van der Waals surface area contributed by atoms with Gasteiger partial charge in [0.2, 0.25) is 15.9 Å². The first-order valence-corrected chi connectivity index (χ1v) is 11.3. The number of amides is 1. The fraction of sp³-hybridized carbons (Fsp3) is 0.381. The highest BCUT2D eigenvalue weighted by molar-refractivity contribution is 7.89. The number of carbonyl (C=O) groups excluding carboxylic acids is 1. The van der Waals surface area contributed by atoms with Gasteiger partial charge in [0.1, 0.15) is 5.82 Å². The van der Waals surface area contributed by atoms with Crippen LogP contribution in [0.15, 0.2) is 47.4 Å². The van der Waals surface area contributed by atoms with Gasteiger partial charge in [-0.3, -0.25) is 4.79 Å². The fourth-order valence-electron chi connectivity index (χ4n) is 3.38. The summed E-state index contributed by atoms with van der Waals surface area (Å²) in [4.78, 5) is 16.3. The summed E-state index contributed by atoms with van der Waals surface area (Å²) in [6.45, 7) is 2.31. The van der Waals surface area contributed by atoms with Crippen LogP contribution in [0.2, 0.25) is 0 Å². The lowest BCUT2D eigenvalue weighted by atomic mass is 10.2. The summed E-state index contributed by atoms with van der Waals surface area (Å²) in [5.41, 5.74) is 0.913. The number of methoxy groups -OCH3 is 2. The van der Waals surface area contributed by atoms with Crippen molar-refractivity contribution in [3.05, 3.63) is 48.3 Å². The standard InChI is InChI=1S/C21H26FN3O5S/c1-29-19-8-7-18(15-20(19)30-2)31(27,28)23-10-9-21(26)25-13-11-24(12-14-25)17-5-3-16(22)4-6-17/h3-8,15,23H,9-14H2,1-2H3. The van der Waals surface area contributed by atoms with Crippen molar-refractivity contribution in [2.45, 2.75) is 11.3 Å². The Morgan fingerprint density at radius 1 is 1.00 bits per heavy atom. The van der Waals surface area contributed by atoms with Crippen molar-refractivity contribution in [1.29, 1.82) is 0 Å². The average Bonchev–Trinajstić information content (AvgIpc) is 2.79. The molecule has 168 valence electrons. The van der Waals surface area contributed by atoms with Crippen molar-refractivity contribution >= 4 is 21.6 Å². The number of halogens is 1. The van der Waals surface area contributed by atoms with Crippen LogP contribution in [0.25, 0.3) is 0 Å². The Hall–Kier alpha value is -2.85. The van der Waals surface area contributed by atoms with Gasteiger partial charge in [-0.15, -0.1) is 0 Å². The first-order valence-electron chi connectivity index (χ1n) is 9.84. The van der Waals surface area contributed by atoms with Crippen LogP contribution in [0, 0.1) is 5.82 Å². The van der Waals surface area contributed by atoms with Crippen molar-refractivity contribution in [3.8, 4) is 11.5 Å². The number of anilines is 1. The molecule has 1 aliphatic rings. The molecule has 0 saturated carbocycles. The third kappa shape index (κ3) is 5.65. The molecule has 0 bridgehead atoms. The number of ether oxygens (including phenoxy) is 2. The van der Waals surface area contributed by atoms with Gasteiger partial charge >= 0.3 is 0 Å². The second kappa shape index (κ2) is 9.97. The normalized spacial score (nSPS) is 14.4. The van der Waals surface area contributed by atoms with Crippen LogP contribution in [-0.2, 0) is 14.8 Å². The quantitative estimate of drug-likeness (QED) is 0.659. The molecule has 0 spiro atoms. The highest BCUT2D eigenvalue weighted by Gasteiger charge is 2.22. The number of hydrogen-bond acceptors (Lipinski definition) is 6. The van der Waals surface area contributed by atoms with E-state index in [0.717, 1.165) is 5.69 Å². The van der Waals surface area contributed by atoms with E-state index in [4.69, 9.17) is 9.47 Å². The molecule has 0 unspecified atom stereocenters. The van der Waals surface area contributed by atoms with Crippen LogP contribution in [0.4, 0.5) is 10.1 Å². The minimum atomic E-state index is -3.79. The molecule has 31 heavy (non-hydrogen) atoms. The third-order valence-corrected chi connectivity index (χ3v) is 6.58. The van der Waals surface area contributed by atoms with E-state index in [1.807, 2.05) is 0 Å². The predicted octanol–water partition coefficient (Wildman–Crippen LogP) is 1.86. The van der Waals surface area contributed by atoms with Gasteiger partial charge in [-0.25, -0.2) is 17.5 Å². The predicted molar refractivity (Wildman–Crippen MR) is 115 cm³/mol. The molecular weight excluding hydrogens is 425 g/mol. The Labute approximate surface area is 181 Å². The summed E-state index contributed by atoms with van der Waals surface area (Å²) in [7, 11) is -0.893. The maximum absolute atomic E-state index is 13.1. The number of rotatable bonds is 8. The molecule has 1 heterocycles. The minimum absolute atomic E-state index is 0.00626. The summed E-state index contributed by atoms with van der Waals surface area (Å²) in [5.74, 6) is 0.332. The van der Waals surface area contributed by atoms with Crippen LogP contribution in [0.1, 0.15) is 6.42 Å². The first-order chi connectivity index (χ1) is 14.8. The zero-order valence-corrected chi connectivity index (χ0v) is 18.3. The number of sulfonamides is 1. The van der Waals surface area contributed by atoms with E-state index in [1.165, 1.54) is 44.6 Å². The lowest BCUT2D eigenvalue weighted by molar-refractivity contribution is -0.131. The van der Waals surface area contributed by atoms with Gasteiger partial charge in [-0.1, -0.05) is 0 Å². The SMILES string of the molecule is COc1ccc(S(=O)(=O)NCCC(=O)N2CCN(c3ccc(F)cc3)CC2)cc1OC. The van der Waals surface area contributed by atoms with Crippen molar-refractivity contribution in [3.63, 3.8) is 0 Å². The molecule has 0 atom stereocenters. The highest BCUT2D eigenvalue weighted by Crippen LogP contribution is 2.29. The van der Waals surface area contributed by atoms with Crippen LogP contribution >= 0.6 is 0 Å². The maximum Gasteiger partial charge on any atom is 0.240 e. The van der Waals surface area contributed by atoms with Crippen LogP contribution in [0.3, 0.4) is 0 Å². The fourth-order valence-corrected chi connectivity index (χ4v) is 4.43. The number of hydrogen-bond donors (Lipinski definition) is 1. The molecule has 1 aliphatic heterocycles. The van der Waals surface area contributed by atoms with Crippen LogP contribution < -0.4 is 19.1 Å². The van der Waals surface area contributed by atoms with E-state index in [1.54, 1.807) is 17.0 Å². The number of benzene rings is 2. The van der Waals surface area contributed by atoms with Gasteiger partial charge in [0.15, 0.2) is 11.5 Å². The molecule has 3 rings (SSSR count). The number of nitrogens with one attached hydrogen (secondary N) is 1. The van der Waals surface area contributed by atoms with Crippen molar-refractivity contribution in [1.82, 2.24) is 9.62 Å². The molecule has 0 aliphatic carbocycles. The molecule has 8 nitrogen and oxygen atoms in total. The van der Waals surface area contributed by atoms with Crippen LogP contribution in [0.5, 0.6) is 11.5 Å². The smallest absolute Gasteiger partial charge is 0.240 e. The van der Waals surface area contributed by atoms with Gasteiger partial charge in [0, 0.05) is 50.9 Å². The number of piperazine rings is 1. The van der Waals surface area contributed by atoms with Gasteiger partial charge in [0.05, 0.1) is 19.1 Å². The largest absolute Gasteiger partial charge is 0.493 e. The lowest BCUT2D eigenvalue weighted by Gasteiger charge is -2.36. The summed E-state index contributed by atoms with van der Waals surface area (Å²) in [6.07, 6.45) is 0.0586. The first kappa shape index (κ1) is 22.8. The Bertz CT molecular complexity index is 1010. The van der Waals surface area contributed by atoms with Crippen molar-refractivity contribution in [2.75, 3.05) is 51.8 Å². The van der Waals surface area contributed by atoms with E-state index in [9.17, 15) is 17.6 Å². The summed E-state index contributed by atoms with van der Waals surface area (Å²) in [6, 6.07) is 10.6. The Kier molecular flexibility index (Phi) is 7.34. The Morgan fingerprint density at radius 2 is 1.65 bits per heavy atom. The average molecular weight is 452 g/mol. The molecular formula is C21H26FN3O5S. The third-order valence-electron chi connectivity index (χ3n) is 5.12. The molecule has 2 aromatic rings. The van der Waals surface area contributed by atoms with Gasteiger partial charge in [-0.05, 0) is 36.4 Å². The van der Waals surface area contributed by atoms with Gasteiger partial charge < -0.3 is 19.3 Å². The molecule has 1 amide bonds. The summed E-state index contributed by atoms with van der Waals surface area (Å²) >= 11 is 0. The second-order valence-electron chi connectivity index (χ2n) is 7.01. The van der Waals surface area contributed by atoms with E-state index in [-0.39, 0.29) is 29.6 Å². The molecule has 1 N–H and O–H groups in total. The zero-order valence-electron chi connectivity index (χ0n) is 17.5. The molecule has 1 saturated heterocycles. The number of nitrogens with zero attached hydrogens (tertiary/aromatic N) is 2. The highest BCUT2D eigenvalue weighted by atomic mass is 32.2. The lowest BCUT2D eigenvalue weighted by Crippen LogP contribution is -2.49. The van der Waals surface area contributed by atoms with E-state index < -0.39 is 10.0 Å². The summed E-state index contributed by atoms with van der Waals surface area (Å²) in [5, 5.41) is 0. The van der Waals surface area contributed by atoms with Crippen molar-refractivity contribution < 1.29 is 27.1 Å². The van der Waals surface area contributed by atoms with E-state index >= 15 is 0 Å². The molecule has 1 fully saturated rings. The van der Waals surface area contributed by atoms with E-state index in [0.29, 0.717) is 37.7 Å². The summed E-state index contributed by atoms with van der Waals surface area (Å²) < 4.78 is 50.8. The number of carbonyl (C=O) groups is 1. The zero-order chi connectivity index (χ0) is 22.4. The monoisotopic (exact) mass is 451 g/mol. The molecule has 10 heteroatoms.